The van der Waals surface area contributed by atoms with Crippen LogP contribution >= 0.6 is 0 Å². The van der Waals surface area contributed by atoms with Crippen molar-refractivity contribution < 1.29 is 14.3 Å². The number of carbonyl (C=O) groups is 2. The maximum atomic E-state index is 12.3. The van der Waals surface area contributed by atoms with Gasteiger partial charge < -0.3 is 4.74 Å². The molecule has 1 aliphatic rings. The lowest BCUT2D eigenvalue weighted by atomic mass is 9.50. The Morgan fingerprint density at radius 3 is 2.63 bits per heavy atom. The summed E-state index contributed by atoms with van der Waals surface area (Å²) in [5, 5.41) is 0. The van der Waals surface area contributed by atoms with Crippen molar-refractivity contribution in [2.75, 3.05) is 6.61 Å². The second-order valence-electron chi connectivity index (χ2n) is 5.96. The van der Waals surface area contributed by atoms with Gasteiger partial charge in [0.05, 0.1) is 6.61 Å². The summed E-state index contributed by atoms with van der Waals surface area (Å²) < 4.78 is 5.16. The highest BCUT2D eigenvalue weighted by Crippen LogP contribution is 2.40. The molecule has 1 rings (SSSR count). The molecule has 0 bridgehead atoms. The molecule has 3 nitrogen and oxygen atoms in total. The van der Waals surface area contributed by atoms with E-state index in [9.17, 15) is 9.59 Å². The van der Waals surface area contributed by atoms with Crippen molar-refractivity contribution in [1.29, 1.82) is 0 Å². The monoisotopic (exact) mass is 264 g/mol. The fourth-order valence-electron chi connectivity index (χ4n) is 2.91. The highest BCUT2D eigenvalue weighted by molar-refractivity contribution is 6.56. The molecular formula is C15H25BO3. The number of ether oxygens (including phenoxy) is 1. The first-order chi connectivity index (χ1) is 8.92. The minimum atomic E-state index is -0.944. The molecule has 106 valence electrons. The van der Waals surface area contributed by atoms with E-state index in [2.05, 4.69) is 20.2 Å². The molecule has 19 heavy (non-hydrogen) atoms. The predicted molar refractivity (Wildman–Crippen MR) is 78.6 cm³/mol. The predicted octanol–water partition coefficient (Wildman–Crippen LogP) is 3.38. The number of hydrogen-bond acceptors (Lipinski definition) is 3. The maximum Gasteiger partial charge on any atom is 0.319 e. The van der Waals surface area contributed by atoms with Gasteiger partial charge in [0.2, 0.25) is 0 Å². The van der Waals surface area contributed by atoms with Crippen LogP contribution in [0.25, 0.3) is 0 Å². The first kappa shape index (κ1) is 16.0. The second kappa shape index (κ2) is 6.92. The van der Waals surface area contributed by atoms with Gasteiger partial charge in [-0.2, -0.15) is 0 Å². The van der Waals surface area contributed by atoms with E-state index >= 15 is 0 Å². The lowest BCUT2D eigenvalue weighted by Crippen LogP contribution is -2.43. The number of ketones is 1. The van der Waals surface area contributed by atoms with Crippen LogP contribution in [0.15, 0.2) is 12.2 Å². The molecule has 0 aromatic heterocycles. The zero-order valence-corrected chi connectivity index (χ0v) is 12.5. The van der Waals surface area contributed by atoms with E-state index < -0.39 is 5.41 Å². The summed E-state index contributed by atoms with van der Waals surface area (Å²) in [4.78, 5) is 24.6. The molecule has 0 aliphatic heterocycles. The summed E-state index contributed by atoms with van der Waals surface area (Å²) >= 11 is 0. The van der Waals surface area contributed by atoms with Gasteiger partial charge in [-0.05, 0) is 26.2 Å². The number of allylic oxidation sites excluding steroid dienone is 1. The minimum absolute atomic E-state index is 0.0436. The van der Waals surface area contributed by atoms with E-state index in [-0.39, 0.29) is 11.8 Å². The smallest absolute Gasteiger partial charge is 0.319 e. The first-order valence-electron chi connectivity index (χ1n) is 7.29. The lowest BCUT2D eigenvalue weighted by Gasteiger charge is -2.34. The number of hydrogen-bond donors (Lipinski definition) is 0. The third-order valence-electron chi connectivity index (χ3n) is 3.71. The number of Topliss-reactive ketones (excluding diaryl/α,β-unsaturated/α-hetero) is 1. The van der Waals surface area contributed by atoms with E-state index in [0.717, 1.165) is 24.7 Å². The van der Waals surface area contributed by atoms with E-state index in [1.807, 2.05) is 0 Å². The van der Waals surface area contributed by atoms with Crippen LogP contribution in [-0.2, 0) is 14.3 Å². The van der Waals surface area contributed by atoms with Crippen LogP contribution in [0.2, 0.25) is 20.0 Å². The van der Waals surface area contributed by atoms with Gasteiger partial charge in [0.25, 0.3) is 0 Å². The Morgan fingerprint density at radius 2 is 2.11 bits per heavy atom. The summed E-state index contributed by atoms with van der Waals surface area (Å²) in [5.74, 6) is -0.299. The zero-order chi connectivity index (χ0) is 14.5. The summed E-state index contributed by atoms with van der Waals surface area (Å²) in [6, 6.07) is 0. The van der Waals surface area contributed by atoms with Crippen molar-refractivity contribution in [2.45, 2.75) is 59.0 Å². The van der Waals surface area contributed by atoms with Crippen molar-refractivity contribution in [3.05, 3.63) is 12.2 Å². The van der Waals surface area contributed by atoms with Crippen LogP contribution in [0.1, 0.15) is 39.0 Å². The van der Waals surface area contributed by atoms with E-state index in [1.54, 1.807) is 6.92 Å². The third-order valence-corrected chi connectivity index (χ3v) is 3.71. The molecule has 1 atom stereocenters. The Kier molecular flexibility index (Phi) is 5.83. The van der Waals surface area contributed by atoms with E-state index in [1.165, 1.54) is 0 Å². The molecule has 0 aromatic rings. The number of esters is 1. The van der Waals surface area contributed by atoms with Gasteiger partial charge in [0.1, 0.15) is 12.1 Å². The SMILES string of the molecule is C=C(CB(C)C)CC1(C(=O)OCC)CCCCC1=O. The fraction of sp³-hybridized carbons (Fsp3) is 0.733. The van der Waals surface area contributed by atoms with E-state index in [4.69, 9.17) is 4.74 Å². The van der Waals surface area contributed by atoms with Gasteiger partial charge >= 0.3 is 5.97 Å². The largest absolute Gasteiger partial charge is 0.465 e. The molecule has 0 amide bonds. The second-order valence-corrected chi connectivity index (χ2v) is 5.96. The van der Waals surface area contributed by atoms with Crippen molar-refractivity contribution in [1.82, 2.24) is 0 Å². The standard InChI is InChI=1S/C15H25BO3/c1-5-19-14(18)15(9-7-6-8-13(15)17)10-12(2)11-16(3)4/h2,5-11H2,1,3-4H3. The minimum Gasteiger partial charge on any atom is -0.465 e. The van der Waals surface area contributed by atoms with Gasteiger partial charge in [-0.3, -0.25) is 9.59 Å². The van der Waals surface area contributed by atoms with Gasteiger partial charge in [0, 0.05) is 6.42 Å². The summed E-state index contributed by atoms with van der Waals surface area (Å²) in [5.41, 5.74) is 0.0403. The first-order valence-corrected chi connectivity index (χ1v) is 7.29. The van der Waals surface area contributed by atoms with Gasteiger partial charge in [-0.25, -0.2) is 0 Å². The molecule has 1 unspecified atom stereocenters. The van der Waals surface area contributed by atoms with Crippen LogP contribution in [0.3, 0.4) is 0 Å². The molecule has 4 heteroatoms. The molecule has 0 N–H and O–H groups in total. The Morgan fingerprint density at radius 1 is 1.42 bits per heavy atom. The van der Waals surface area contributed by atoms with Gasteiger partial charge in [-0.15, -0.1) is 6.58 Å². The van der Waals surface area contributed by atoms with Crippen molar-refractivity contribution in [2.24, 2.45) is 5.41 Å². The molecule has 0 saturated heterocycles. The molecular weight excluding hydrogens is 239 g/mol. The highest BCUT2D eigenvalue weighted by atomic mass is 16.5. The Hall–Kier alpha value is -1.06. The van der Waals surface area contributed by atoms with E-state index in [0.29, 0.717) is 32.6 Å². The average Bonchev–Trinajstić information content (AvgIpc) is 2.31. The number of carbonyl (C=O) groups excluding carboxylic acids is 2. The average molecular weight is 264 g/mol. The van der Waals surface area contributed by atoms with Crippen LogP contribution in [0.4, 0.5) is 0 Å². The van der Waals surface area contributed by atoms with Crippen LogP contribution in [0, 0.1) is 5.41 Å². The van der Waals surface area contributed by atoms with Crippen LogP contribution < -0.4 is 0 Å². The summed E-state index contributed by atoms with van der Waals surface area (Å²) in [6.07, 6.45) is 4.23. The highest BCUT2D eigenvalue weighted by Gasteiger charge is 2.47. The molecule has 1 fully saturated rings. The van der Waals surface area contributed by atoms with Gasteiger partial charge in [-0.1, -0.05) is 32.0 Å². The normalized spacial score (nSPS) is 23.0. The fourth-order valence-corrected chi connectivity index (χ4v) is 2.91. The van der Waals surface area contributed by atoms with Crippen LogP contribution in [-0.4, -0.2) is 25.1 Å². The molecule has 0 radical (unpaired) electrons. The molecule has 1 aliphatic carbocycles. The summed E-state index contributed by atoms with van der Waals surface area (Å²) in [6.45, 7) is 10.9. The Bertz CT molecular complexity index is 362. The Balaban J connectivity index is 2.88. The molecule has 0 aromatic carbocycles. The Labute approximate surface area is 116 Å². The lowest BCUT2D eigenvalue weighted by molar-refractivity contribution is -0.162. The quantitative estimate of drug-likeness (QED) is 0.319. The van der Waals surface area contributed by atoms with Gasteiger partial charge in [0.15, 0.2) is 5.78 Å². The topological polar surface area (TPSA) is 43.4 Å². The van der Waals surface area contributed by atoms with Crippen molar-refractivity contribution in [3.8, 4) is 0 Å². The van der Waals surface area contributed by atoms with Crippen LogP contribution in [0.5, 0.6) is 0 Å². The zero-order valence-electron chi connectivity index (χ0n) is 12.5. The summed E-state index contributed by atoms with van der Waals surface area (Å²) in [7, 11) is 0. The molecule has 1 saturated carbocycles. The molecule has 0 heterocycles. The van der Waals surface area contributed by atoms with Crippen molar-refractivity contribution in [3.63, 3.8) is 0 Å². The maximum absolute atomic E-state index is 12.3. The third kappa shape index (κ3) is 3.95. The molecule has 0 spiro atoms. The number of rotatable bonds is 6. The van der Waals surface area contributed by atoms with Crippen molar-refractivity contribution >= 4 is 18.5 Å².